The number of pyridine rings is 1. The van der Waals surface area contributed by atoms with Gasteiger partial charge in [-0.3, -0.25) is 4.79 Å². The fourth-order valence-corrected chi connectivity index (χ4v) is 1.97. The van der Waals surface area contributed by atoms with Crippen molar-refractivity contribution in [3.05, 3.63) is 71.2 Å². The number of aromatic nitrogens is 1. The molecule has 1 aromatic heterocycles. The molecule has 1 aliphatic heterocycles. The highest BCUT2D eigenvalue weighted by atomic mass is 16.6. The predicted octanol–water partition coefficient (Wildman–Crippen LogP) is 1.64. The van der Waals surface area contributed by atoms with E-state index in [0.29, 0.717) is 4.73 Å². The highest BCUT2D eigenvalue weighted by Crippen LogP contribution is 2.39. The smallest absolute Gasteiger partial charge is 0.262 e. The van der Waals surface area contributed by atoms with Gasteiger partial charge in [0.25, 0.3) is 11.5 Å². The second kappa shape index (κ2) is 4.23. The summed E-state index contributed by atoms with van der Waals surface area (Å²) in [7, 11) is 0. The second-order valence-electron chi connectivity index (χ2n) is 4.16. The van der Waals surface area contributed by atoms with E-state index in [0.717, 1.165) is 5.56 Å². The molecule has 2 atom stereocenters. The van der Waals surface area contributed by atoms with Crippen LogP contribution in [-0.2, 0) is 4.74 Å². The standard InChI is InChI=1S/C14H11NO3/c16-12(11-8-4-5-9-15(11)17)14-13(18-14)10-6-2-1-3-7-10/h1-9,13-14H/t13-,14-/m1/s1. The van der Waals surface area contributed by atoms with Crippen LogP contribution in [0.3, 0.4) is 0 Å². The third-order valence-corrected chi connectivity index (χ3v) is 2.95. The fraction of sp³-hybridized carbons (Fsp3) is 0.143. The summed E-state index contributed by atoms with van der Waals surface area (Å²) in [6, 6.07) is 14.3. The van der Waals surface area contributed by atoms with Crippen molar-refractivity contribution < 1.29 is 14.3 Å². The molecule has 0 bridgehead atoms. The Morgan fingerprint density at radius 3 is 2.56 bits per heavy atom. The molecule has 1 fully saturated rings. The number of nitrogens with zero attached hydrogens (tertiary/aromatic N) is 1. The molecule has 1 saturated heterocycles. The van der Waals surface area contributed by atoms with Crippen molar-refractivity contribution >= 4 is 5.78 Å². The first-order valence-electron chi connectivity index (χ1n) is 5.70. The van der Waals surface area contributed by atoms with Crippen molar-refractivity contribution in [3.63, 3.8) is 0 Å². The molecule has 0 spiro atoms. The zero-order chi connectivity index (χ0) is 12.5. The van der Waals surface area contributed by atoms with E-state index in [1.165, 1.54) is 12.3 Å². The molecule has 1 aromatic carbocycles. The van der Waals surface area contributed by atoms with E-state index in [9.17, 15) is 10.0 Å². The van der Waals surface area contributed by atoms with Crippen LogP contribution in [0.15, 0.2) is 54.7 Å². The number of ketones is 1. The topological polar surface area (TPSA) is 56.5 Å². The Bertz CT molecular complexity index is 583. The van der Waals surface area contributed by atoms with Gasteiger partial charge in [0, 0.05) is 12.1 Å². The van der Waals surface area contributed by atoms with Crippen molar-refractivity contribution in [1.82, 2.24) is 0 Å². The molecule has 1 aliphatic rings. The van der Waals surface area contributed by atoms with Gasteiger partial charge in [0.2, 0.25) is 0 Å². The number of Topliss-reactive ketones (excluding diaryl/α,β-unsaturated/α-hetero) is 1. The Balaban J connectivity index is 1.80. The summed E-state index contributed by atoms with van der Waals surface area (Å²) in [6.07, 6.45) is 0.557. The van der Waals surface area contributed by atoms with Gasteiger partial charge in [-0.2, -0.15) is 4.73 Å². The van der Waals surface area contributed by atoms with Crippen molar-refractivity contribution in [2.75, 3.05) is 0 Å². The van der Waals surface area contributed by atoms with E-state index in [1.54, 1.807) is 12.1 Å². The van der Waals surface area contributed by atoms with Gasteiger partial charge >= 0.3 is 0 Å². The molecule has 0 unspecified atom stereocenters. The molecule has 2 aromatic rings. The monoisotopic (exact) mass is 241 g/mol. The summed E-state index contributed by atoms with van der Waals surface area (Å²) in [6.45, 7) is 0. The van der Waals surface area contributed by atoms with Crippen molar-refractivity contribution in [3.8, 4) is 0 Å². The maximum Gasteiger partial charge on any atom is 0.262 e. The number of hydrogen-bond acceptors (Lipinski definition) is 3. The maximum absolute atomic E-state index is 12.1. The molecule has 0 aliphatic carbocycles. The van der Waals surface area contributed by atoms with Gasteiger partial charge in [-0.15, -0.1) is 0 Å². The van der Waals surface area contributed by atoms with Crippen LogP contribution in [0.2, 0.25) is 0 Å². The Morgan fingerprint density at radius 1 is 1.11 bits per heavy atom. The fourth-order valence-electron chi connectivity index (χ4n) is 1.97. The Kier molecular flexibility index (Phi) is 2.57. The first-order chi connectivity index (χ1) is 8.77. The van der Waals surface area contributed by atoms with Crippen molar-refractivity contribution in [1.29, 1.82) is 0 Å². The van der Waals surface area contributed by atoms with Crippen LogP contribution in [-0.4, -0.2) is 11.9 Å². The SMILES string of the molecule is O=C(c1cccc[n+]1[O-])[C@H]1O[C@@H]1c1ccccc1. The van der Waals surface area contributed by atoms with Gasteiger partial charge in [-0.25, -0.2) is 0 Å². The number of epoxide rings is 1. The first-order valence-corrected chi connectivity index (χ1v) is 5.70. The molecule has 3 rings (SSSR count). The summed E-state index contributed by atoms with van der Waals surface area (Å²) in [5.74, 6) is -0.264. The van der Waals surface area contributed by atoms with Crippen LogP contribution in [0.25, 0.3) is 0 Å². The normalized spacial score (nSPS) is 21.6. The van der Waals surface area contributed by atoms with Crippen LogP contribution >= 0.6 is 0 Å². The van der Waals surface area contributed by atoms with Gasteiger partial charge in [0.15, 0.2) is 12.3 Å². The molecule has 0 radical (unpaired) electrons. The van der Waals surface area contributed by atoms with Gasteiger partial charge in [0.05, 0.1) is 0 Å². The van der Waals surface area contributed by atoms with Crippen LogP contribution in [0.5, 0.6) is 0 Å². The lowest BCUT2D eigenvalue weighted by Crippen LogP contribution is -2.35. The van der Waals surface area contributed by atoms with Crippen LogP contribution < -0.4 is 4.73 Å². The number of ether oxygens (including phenoxy) is 1. The average molecular weight is 241 g/mol. The molecular formula is C14H11NO3. The summed E-state index contributed by atoms with van der Waals surface area (Å²) >= 11 is 0. The molecule has 4 nitrogen and oxygen atoms in total. The molecule has 0 saturated carbocycles. The number of hydrogen-bond donors (Lipinski definition) is 0. The zero-order valence-electron chi connectivity index (χ0n) is 9.52. The quantitative estimate of drug-likeness (QED) is 0.355. The molecular weight excluding hydrogens is 230 g/mol. The predicted molar refractivity (Wildman–Crippen MR) is 63.8 cm³/mol. The lowest BCUT2D eigenvalue weighted by Gasteiger charge is -2.00. The average Bonchev–Trinajstić information content (AvgIpc) is 3.20. The number of carbonyl (C=O) groups is 1. The molecule has 2 heterocycles. The number of rotatable bonds is 3. The summed E-state index contributed by atoms with van der Waals surface area (Å²) in [5.41, 5.74) is 1.09. The van der Waals surface area contributed by atoms with E-state index in [1.807, 2.05) is 30.3 Å². The van der Waals surface area contributed by atoms with E-state index < -0.39 is 6.10 Å². The lowest BCUT2D eigenvalue weighted by molar-refractivity contribution is -0.607. The van der Waals surface area contributed by atoms with Crippen molar-refractivity contribution in [2.45, 2.75) is 12.2 Å². The first kappa shape index (κ1) is 10.9. The third kappa shape index (κ3) is 1.87. The van der Waals surface area contributed by atoms with E-state index >= 15 is 0 Å². The molecule has 90 valence electrons. The van der Waals surface area contributed by atoms with Crippen molar-refractivity contribution in [2.24, 2.45) is 0 Å². The Labute approximate surface area is 104 Å². The minimum absolute atomic E-state index is 0.126. The van der Waals surface area contributed by atoms with Crippen LogP contribution in [0.4, 0.5) is 0 Å². The molecule has 0 N–H and O–H groups in total. The highest BCUT2D eigenvalue weighted by molar-refractivity contribution is 5.98. The maximum atomic E-state index is 12.1. The Morgan fingerprint density at radius 2 is 1.83 bits per heavy atom. The van der Waals surface area contributed by atoms with Gasteiger partial charge in [0.1, 0.15) is 6.10 Å². The Hall–Kier alpha value is -2.20. The molecule has 4 heteroatoms. The molecule has 0 amide bonds. The summed E-state index contributed by atoms with van der Waals surface area (Å²) in [5, 5.41) is 11.5. The van der Waals surface area contributed by atoms with Gasteiger partial charge in [-0.1, -0.05) is 30.3 Å². The largest absolute Gasteiger partial charge is 0.618 e. The van der Waals surface area contributed by atoms with Gasteiger partial charge in [-0.05, 0) is 11.6 Å². The minimum atomic E-state index is -0.532. The second-order valence-corrected chi connectivity index (χ2v) is 4.16. The number of carbonyl (C=O) groups excluding carboxylic acids is 1. The lowest BCUT2D eigenvalue weighted by atomic mass is 10.1. The van der Waals surface area contributed by atoms with E-state index in [4.69, 9.17) is 4.74 Å². The van der Waals surface area contributed by atoms with E-state index in [-0.39, 0.29) is 17.6 Å². The molecule has 18 heavy (non-hydrogen) atoms. The van der Waals surface area contributed by atoms with Gasteiger partial charge < -0.3 is 9.94 Å². The summed E-state index contributed by atoms with van der Waals surface area (Å²) in [4.78, 5) is 12.1. The zero-order valence-corrected chi connectivity index (χ0v) is 9.52. The number of benzene rings is 1. The van der Waals surface area contributed by atoms with E-state index in [2.05, 4.69) is 0 Å². The van der Waals surface area contributed by atoms with Crippen LogP contribution in [0.1, 0.15) is 22.2 Å². The summed E-state index contributed by atoms with van der Waals surface area (Å²) < 4.78 is 5.95. The highest BCUT2D eigenvalue weighted by Gasteiger charge is 2.48. The van der Waals surface area contributed by atoms with Crippen LogP contribution in [0, 0.1) is 5.21 Å². The minimum Gasteiger partial charge on any atom is -0.618 e. The third-order valence-electron chi connectivity index (χ3n) is 2.95.